The Morgan fingerprint density at radius 2 is 1.65 bits per heavy atom. The number of carbonyl (C=O) groups excluding carboxylic acids is 1. The largest absolute Gasteiger partial charge is 0.778 e. The number of benzene rings is 1. The van der Waals surface area contributed by atoms with Gasteiger partial charge in [-0.3, -0.25) is 14.8 Å². The van der Waals surface area contributed by atoms with E-state index in [-0.39, 0.29) is 32.7 Å². The highest BCUT2D eigenvalue weighted by molar-refractivity contribution is 9.10. The second-order valence-corrected chi connectivity index (χ2v) is 18.0. The van der Waals surface area contributed by atoms with Crippen LogP contribution >= 0.6 is 46.7 Å². The number of esters is 1. The summed E-state index contributed by atoms with van der Waals surface area (Å²) >= 11 is 14.4. The van der Waals surface area contributed by atoms with Crippen molar-refractivity contribution in [2.24, 2.45) is 7.05 Å². The molecule has 0 radical (unpaired) electrons. The summed E-state index contributed by atoms with van der Waals surface area (Å²) in [5.41, 5.74) is -1.96. The number of rotatable bonds is 10. The van der Waals surface area contributed by atoms with Gasteiger partial charge in [-0.1, -0.05) is 11.6 Å². The molecule has 1 unspecified atom stereocenters. The molecule has 54 heavy (non-hydrogen) atoms. The van der Waals surface area contributed by atoms with Gasteiger partial charge in [-0.05, 0) is 92.1 Å². The third kappa shape index (κ3) is 20.8. The van der Waals surface area contributed by atoms with Crippen molar-refractivity contribution in [1.82, 2.24) is 30.0 Å². The lowest BCUT2D eigenvalue weighted by atomic mass is 10.1. The molecular formula is C30H44BrCl2F4N8O7PS. The number of aryl methyl sites for hydroxylation is 1. The fourth-order valence-electron chi connectivity index (χ4n) is 3.43. The van der Waals surface area contributed by atoms with E-state index in [1.807, 2.05) is 33.0 Å². The Morgan fingerprint density at radius 3 is 2.07 bits per heavy atom. The normalized spacial score (nSPS) is 12.3. The van der Waals surface area contributed by atoms with Gasteiger partial charge in [0.05, 0.1) is 52.8 Å². The number of aromatic nitrogens is 5. The maximum atomic E-state index is 14.3. The standard InChI is InChI=1S/C15H12BrClF4N2O2.C9H16ClN5.C3H8NO5P.C3H9S/c1-6(2)25-14(24)7-4-8(10(18)5-9(7)17)12-11(16)13(15(19,20)21)23(3)22-12;1-5-11-7-12-6(10)13-8(14-7)15-9(2,3)4;5-3(6)1-4-2-10(7,8)9;1-4(2)3/h4-6H,1-3H3;5H2,1-4H3,(H2,11,12,13,14,15);4H,1-2H2,(H,5,6)(H2,7,8,9);1-3H3/q;;;+1/p-1. The van der Waals surface area contributed by atoms with Gasteiger partial charge in [0.25, 0.3) is 0 Å². The highest BCUT2D eigenvalue weighted by Crippen LogP contribution is 2.41. The minimum Gasteiger partial charge on any atom is -0.778 e. The van der Waals surface area contributed by atoms with E-state index in [1.54, 1.807) is 13.8 Å². The van der Waals surface area contributed by atoms with Crippen LogP contribution in [0, 0.1) is 5.82 Å². The Morgan fingerprint density at radius 1 is 1.11 bits per heavy atom. The fraction of sp³-hybridized carbons (Fsp3) is 0.533. The summed E-state index contributed by atoms with van der Waals surface area (Å²) < 4.78 is 68.6. The first-order valence-corrected chi connectivity index (χ1v) is 21.1. The maximum absolute atomic E-state index is 14.3. The molecule has 0 aliphatic heterocycles. The molecule has 3 aromatic rings. The van der Waals surface area contributed by atoms with Crippen LogP contribution in [0.1, 0.15) is 57.6 Å². The van der Waals surface area contributed by atoms with Crippen LogP contribution in [-0.2, 0) is 38.2 Å². The van der Waals surface area contributed by atoms with Crippen LogP contribution in [0.4, 0.5) is 29.5 Å². The Balaban J connectivity index is 0.000000819. The lowest BCUT2D eigenvalue weighted by Crippen LogP contribution is -2.27. The second kappa shape index (κ2) is 22.7. The summed E-state index contributed by atoms with van der Waals surface area (Å²) in [7, 11) is -2.63. The molecule has 3 rings (SSSR count). The molecule has 0 spiro atoms. The first kappa shape index (κ1) is 51.2. The van der Waals surface area contributed by atoms with Crippen molar-refractivity contribution in [3.63, 3.8) is 0 Å². The van der Waals surface area contributed by atoms with Crippen molar-refractivity contribution in [3.05, 3.63) is 44.0 Å². The molecule has 0 amide bonds. The highest BCUT2D eigenvalue weighted by atomic mass is 79.9. The van der Waals surface area contributed by atoms with Gasteiger partial charge in [-0.2, -0.15) is 33.2 Å². The number of ether oxygens (including phenoxy) is 1. The summed E-state index contributed by atoms with van der Waals surface area (Å²) in [6.45, 7) is 11.5. The molecular weight excluding hydrogens is 874 g/mol. The van der Waals surface area contributed by atoms with Crippen LogP contribution in [0.2, 0.25) is 10.3 Å². The van der Waals surface area contributed by atoms with E-state index < -0.39 is 60.6 Å². The van der Waals surface area contributed by atoms with E-state index in [0.717, 1.165) is 25.7 Å². The van der Waals surface area contributed by atoms with Gasteiger partial charge >= 0.3 is 18.1 Å². The number of anilines is 2. The molecule has 2 aromatic heterocycles. The van der Waals surface area contributed by atoms with Gasteiger partial charge in [-0.15, -0.1) is 0 Å². The van der Waals surface area contributed by atoms with Gasteiger partial charge in [0.2, 0.25) is 17.2 Å². The Hall–Kier alpha value is -2.78. The predicted octanol–water partition coefficient (Wildman–Crippen LogP) is 6.05. The SMILES string of the molecule is CC(C)OC(=O)c1cc(-c2nn(C)c(C(F)(F)F)c2Br)c(F)cc1Cl.CCNc1nc(Cl)nc(NC(C)(C)C)n1.C[S+](C)C.O=C(O)CNCP(=O)([O-])O. The van der Waals surface area contributed by atoms with Crippen LogP contribution < -0.4 is 20.8 Å². The molecule has 0 saturated heterocycles. The zero-order valence-electron chi connectivity index (χ0n) is 31.0. The van der Waals surface area contributed by atoms with E-state index in [9.17, 15) is 36.6 Å². The molecule has 1 aromatic carbocycles. The number of hydrogen-bond donors (Lipinski definition) is 5. The molecule has 0 fully saturated rings. The minimum absolute atomic E-state index is 0.103. The fourth-order valence-corrected chi connectivity index (χ4v) is 4.98. The lowest BCUT2D eigenvalue weighted by molar-refractivity contribution is -0.193. The van der Waals surface area contributed by atoms with Gasteiger partial charge in [-0.25, -0.2) is 9.18 Å². The minimum atomic E-state index is -4.69. The molecule has 306 valence electrons. The van der Waals surface area contributed by atoms with Crippen LogP contribution in [0.25, 0.3) is 11.3 Å². The molecule has 0 saturated carbocycles. The average Bonchev–Trinajstić information content (AvgIpc) is 3.24. The first-order valence-electron chi connectivity index (χ1n) is 15.4. The summed E-state index contributed by atoms with van der Waals surface area (Å²) in [5, 5.41) is 19.8. The van der Waals surface area contributed by atoms with Crippen molar-refractivity contribution in [1.29, 1.82) is 0 Å². The van der Waals surface area contributed by atoms with Crippen LogP contribution in [-0.4, -0.2) is 96.5 Å². The third-order valence-electron chi connectivity index (χ3n) is 5.15. The van der Waals surface area contributed by atoms with E-state index in [2.05, 4.69) is 65.4 Å². The molecule has 0 aliphatic carbocycles. The number of aliphatic carboxylic acids is 1. The van der Waals surface area contributed by atoms with Crippen molar-refractivity contribution >= 4 is 81.5 Å². The van der Waals surface area contributed by atoms with Crippen LogP contribution in [0.5, 0.6) is 0 Å². The lowest BCUT2D eigenvalue weighted by Gasteiger charge is -2.20. The van der Waals surface area contributed by atoms with Crippen LogP contribution in [0.3, 0.4) is 0 Å². The number of carboxylic acids is 1. The van der Waals surface area contributed by atoms with Gasteiger partial charge < -0.3 is 34.8 Å². The van der Waals surface area contributed by atoms with E-state index in [0.29, 0.717) is 27.5 Å². The molecule has 2 heterocycles. The molecule has 24 heteroatoms. The quantitative estimate of drug-likeness (QED) is 0.0678. The number of carboxylic acid groups (broad SMARTS) is 1. The number of nitrogens with one attached hydrogen (secondary N) is 3. The Kier molecular flexibility index (Phi) is 21.5. The predicted molar refractivity (Wildman–Crippen MR) is 205 cm³/mol. The van der Waals surface area contributed by atoms with Crippen molar-refractivity contribution in [2.45, 2.75) is 59.4 Å². The van der Waals surface area contributed by atoms with Crippen molar-refractivity contribution in [2.75, 3.05) is 48.8 Å². The summed E-state index contributed by atoms with van der Waals surface area (Å²) in [5.74, 6) is -1.93. The Bertz CT molecular complexity index is 1740. The topological polar surface area (TPSA) is 217 Å². The van der Waals surface area contributed by atoms with E-state index in [1.165, 1.54) is 0 Å². The summed E-state index contributed by atoms with van der Waals surface area (Å²) in [4.78, 5) is 51.9. The zero-order valence-corrected chi connectivity index (χ0v) is 35.8. The molecule has 1 atom stereocenters. The maximum Gasteiger partial charge on any atom is 0.434 e. The van der Waals surface area contributed by atoms with Gasteiger partial charge in [0.1, 0.15) is 19.1 Å². The summed E-state index contributed by atoms with van der Waals surface area (Å²) in [6.07, 6.45) is 0.732. The van der Waals surface area contributed by atoms with Gasteiger partial charge in [0.15, 0.2) is 5.69 Å². The molecule has 15 nitrogen and oxygen atoms in total. The zero-order chi connectivity index (χ0) is 42.4. The van der Waals surface area contributed by atoms with Crippen LogP contribution in [0.15, 0.2) is 16.6 Å². The highest BCUT2D eigenvalue weighted by Gasteiger charge is 2.39. The summed E-state index contributed by atoms with van der Waals surface area (Å²) in [6, 6.07) is 1.86. The smallest absolute Gasteiger partial charge is 0.434 e. The number of hydrogen-bond acceptors (Lipinski definition) is 12. The van der Waals surface area contributed by atoms with E-state index in [4.69, 9.17) is 37.9 Å². The van der Waals surface area contributed by atoms with Gasteiger partial charge in [0, 0.05) is 24.7 Å². The number of nitrogens with zero attached hydrogens (tertiary/aromatic N) is 5. The third-order valence-corrected chi connectivity index (χ3v) is 7.01. The number of halogens is 7. The second-order valence-electron chi connectivity index (χ2n) is 12.4. The Labute approximate surface area is 332 Å². The monoisotopic (exact) mass is 916 g/mol. The van der Waals surface area contributed by atoms with E-state index >= 15 is 0 Å². The molecule has 0 aliphatic rings. The average molecular weight is 919 g/mol. The molecule has 5 N–H and O–H groups in total. The number of alkyl halides is 3. The number of carbonyl (C=O) groups is 2. The molecule has 0 bridgehead atoms. The van der Waals surface area contributed by atoms with Crippen molar-refractivity contribution < 1.29 is 51.3 Å². The van der Waals surface area contributed by atoms with Crippen molar-refractivity contribution in [3.8, 4) is 11.3 Å². The first-order chi connectivity index (χ1) is 24.5.